The Balaban J connectivity index is 1.22. The number of hydrogen-bond donors (Lipinski definition) is 1. The number of carbonyl (C=O) groups excluding carboxylic acids is 1. The van der Waals surface area contributed by atoms with Crippen LogP contribution in [-0.4, -0.2) is 61.7 Å². The van der Waals surface area contributed by atoms with Gasteiger partial charge < -0.3 is 19.3 Å². The summed E-state index contributed by atoms with van der Waals surface area (Å²) in [5, 5.41) is 24.5. The van der Waals surface area contributed by atoms with Crippen molar-refractivity contribution in [2.75, 3.05) is 31.1 Å². The normalized spacial score (nSPS) is 14.4. The fraction of sp³-hybridized carbons (Fsp3) is 0.207. The minimum absolute atomic E-state index is 0.288. The lowest BCUT2D eigenvalue weighted by Crippen LogP contribution is -2.50. The van der Waals surface area contributed by atoms with Gasteiger partial charge in [-0.25, -0.2) is 14.5 Å². The SMILES string of the molecule is Cc1ncc(-c2cc(-c3ccc(N4CCN(C(=O)[C@@H](O)c5ccccc5)CC4)nc3)c3c(C#N)cnn3c2)o1. The highest BCUT2D eigenvalue weighted by Crippen LogP contribution is 2.32. The van der Waals surface area contributed by atoms with E-state index >= 15 is 0 Å². The molecule has 1 aliphatic heterocycles. The Morgan fingerprint density at radius 1 is 1.03 bits per heavy atom. The van der Waals surface area contributed by atoms with Crippen molar-refractivity contribution in [3.05, 3.63) is 90.3 Å². The molecule has 1 fully saturated rings. The van der Waals surface area contributed by atoms with Gasteiger partial charge >= 0.3 is 0 Å². The highest BCUT2D eigenvalue weighted by atomic mass is 16.4. The second-order valence-electron chi connectivity index (χ2n) is 9.38. The topological polar surface area (TPSA) is 124 Å². The molecule has 5 aromatic rings. The molecule has 10 nitrogen and oxygen atoms in total. The number of nitriles is 1. The van der Waals surface area contributed by atoms with Crippen LogP contribution >= 0.6 is 0 Å². The standard InChI is InChI=1S/C29H25N7O3/c1-19-31-17-25(39-19)22-13-24(27-23(14-30)16-33-36(27)18-22)21-7-8-26(32-15-21)34-9-11-35(12-10-34)29(38)28(37)20-5-3-2-4-6-20/h2-8,13,15-18,28,37H,9-12H2,1H3/t28-/m0/s1. The molecule has 194 valence electrons. The highest BCUT2D eigenvalue weighted by Gasteiger charge is 2.27. The number of pyridine rings is 2. The third-order valence-corrected chi connectivity index (χ3v) is 6.96. The molecule has 1 atom stereocenters. The number of benzene rings is 1. The second kappa shape index (κ2) is 10.0. The van der Waals surface area contributed by atoms with E-state index in [1.54, 1.807) is 47.1 Å². The maximum atomic E-state index is 12.8. The van der Waals surface area contributed by atoms with E-state index in [1.165, 1.54) is 0 Å². The molecule has 1 saturated heterocycles. The van der Waals surface area contributed by atoms with Gasteiger partial charge in [0.25, 0.3) is 5.91 Å². The number of carbonyl (C=O) groups is 1. The molecule has 1 N–H and O–H groups in total. The van der Waals surface area contributed by atoms with Crippen molar-refractivity contribution in [1.82, 2.24) is 24.5 Å². The first kappa shape index (κ1) is 24.3. The van der Waals surface area contributed by atoms with E-state index in [0.29, 0.717) is 54.5 Å². The molecule has 0 unspecified atom stereocenters. The molecule has 4 aromatic heterocycles. The molecule has 10 heteroatoms. The summed E-state index contributed by atoms with van der Waals surface area (Å²) in [5.74, 6) is 1.68. The van der Waals surface area contributed by atoms with Gasteiger partial charge in [-0.3, -0.25) is 4.79 Å². The molecule has 0 aliphatic carbocycles. The van der Waals surface area contributed by atoms with Gasteiger partial charge in [-0.15, -0.1) is 0 Å². The van der Waals surface area contributed by atoms with Gasteiger partial charge in [-0.1, -0.05) is 30.3 Å². The summed E-state index contributed by atoms with van der Waals surface area (Å²) < 4.78 is 7.40. The second-order valence-corrected chi connectivity index (χ2v) is 9.38. The van der Waals surface area contributed by atoms with Gasteiger partial charge in [-0.2, -0.15) is 10.4 Å². The van der Waals surface area contributed by atoms with Gasteiger partial charge in [0.15, 0.2) is 17.8 Å². The van der Waals surface area contributed by atoms with Crippen LogP contribution in [0.15, 0.2) is 77.7 Å². The van der Waals surface area contributed by atoms with Crippen molar-refractivity contribution in [1.29, 1.82) is 5.26 Å². The van der Waals surface area contributed by atoms with Crippen LogP contribution < -0.4 is 4.90 Å². The fourth-order valence-electron chi connectivity index (χ4n) is 4.89. The summed E-state index contributed by atoms with van der Waals surface area (Å²) in [6, 6.07) is 17.1. The number of rotatable bonds is 5. The lowest BCUT2D eigenvalue weighted by atomic mass is 10.0. The third-order valence-electron chi connectivity index (χ3n) is 6.96. The zero-order valence-electron chi connectivity index (χ0n) is 21.2. The molecule has 1 amide bonds. The number of aliphatic hydroxyl groups excluding tert-OH is 1. The molecular formula is C29H25N7O3. The van der Waals surface area contributed by atoms with Crippen LogP contribution in [0.1, 0.15) is 23.1 Å². The number of aromatic nitrogens is 4. The summed E-state index contributed by atoms with van der Waals surface area (Å²) >= 11 is 0. The van der Waals surface area contributed by atoms with E-state index in [1.807, 2.05) is 42.6 Å². The first-order valence-electron chi connectivity index (χ1n) is 12.6. The van der Waals surface area contributed by atoms with E-state index in [4.69, 9.17) is 9.40 Å². The van der Waals surface area contributed by atoms with Gasteiger partial charge in [0.05, 0.1) is 23.5 Å². The average Bonchev–Trinajstić information content (AvgIpc) is 3.62. The zero-order chi connectivity index (χ0) is 26.9. The zero-order valence-corrected chi connectivity index (χ0v) is 21.2. The molecule has 1 aromatic carbocycles. The number of nitrogens with zero attached hydrogens (tertiary/aromatic N) is 7. The van der Waals surface area contributed by atoms with E-state index in [9.17, 15) is 15.2 Å². The Kier molecular flexibility index (Phi) is 6.26. The Morgan fingerprint density at radius 3 is 2.49 bits per heavy atom. The number of piperazine rings is 1. The van der Waals surface area contributed by atoms with Crippen molar-refractivity contribution in [2.45, 2.75) is 13.0 Å². The monoisotopic (exact) mass is 519 g/mol. The maximum Gasteiger partial charge on any atom is 0.256 e. The lowest BCUT2D eigenvalue weighted by Gasteiger charge is -2.36. The smallest absolute Gasteiger partial charge is 0.256 e. The molecular weight excluding hydrogens is 494 g/mol. The molecule has 6 rings (SSSR count). The number of oxazole rings is 1. The van der Waals surface area contributed by atoms with Gasteiger partial charge in [0.2, 0.25) is 0 Å². The predicted octanol–water partition coefficient (Wildman–Crippen LogP) is 3.61. The maximum absolute atomic E-state index is 12.8. The van der Waals surface area contributed by atoms with Gasteiger partial charge in [0.1, 0.15) is 11.9 Å². The molecule has 1 aliphatic rings. The molecule has 0 saturated carbocycles. The summed E-state index contributed by atoms with van der Waals surface area (Å²) in [4.78, 5) is 25.5. The molecule has 0 radical (unpaired) electrons. The largest absolute Gasteiger partial charge is 0.441 e. The number of amides is 1. The Morgan fingerprint density at radius 2 is 1.82 bits per heavy atom. The van der Waals surface area contributed by atoms with Crippen molar-refractivity contribution in [3.8, 4) is 28.5 Å². The minimum atomic E-state index is -1.16. The predicted molar refractivity (Wildman–Crippen MR) is 144 cm³/mol. The Hall–Kier alpha value is -5.01. The summed E-state index contributed by atoms with van der Waals surface area (Å²) in [6.07, 6.45) is 5.65. The fourth-order valence-corrected chi connectivity index (χ4v) is 4.89. The number of anilines is 1. The van der Waals surface area contributed by atoms with Gasteiger partial charge in [0, 0.05) is 62.2 Å². The average molecular weight is 520 g/mol. The number of fused-ring (bicyclic) bond motifs is 1. The van der Waals surface area contributed by atoms with E-state index < -0.39 is 6.10 Å². The molecule has 0 bridgehead atoms. The van der Waals surface area contributed by atoms with Crippen molar-refractivity contribution in [3.63, 3.8) is 0 Å². The van der Waals surface area contributed by atoms with Crippen molar-refractivity contribution < 1.29 is 14.3 Å². The van der Waals surface area contributed by atoms with Gasteiger partial charge in [-0.05, 0) is 23.8 Å². The van der Waals surface area contributed by atoms with Crippen LogP contribution in [0.5, 0.6) is 0 Å². The Labute approximate surface area is 224 Å². The van der Waals surface area contributed by atoms with E-state index in [0.717, 1.165) is 22.5 Å². The minimum Gasteiger partial charge on any atom is -0.441 e. The van der Waals surface area contributed by atoms with E-state index in [-0.39, 0.29) is 5.91 Å². The number of aliphatic hydroxyl groups is 1. The molecule has 39 heavy (non-hydrogen) atoms. The molecule has 0 spiro atoms. The highest BCUT2D eigenvalue weighted by molar-refractivity contribution is 5.87. The third kappa shape index (κ3) is 4.60. The molecule has 5 heterocycles. The van der Waals surface area contributed by atoms with Crippen LogP contribution in [-0.2, 0) is 4.79 Å². The Bertz CT molecular complexity index is 1680. The van der Waals surface area contributed by atoms with Crippen molar-refractivity contribution in [2.24, 2.45) is 0 Å². The first-order chi connectivity index (χ1) is 19.0. The lowest BCUT2D eigenvalue weighted by molar-refractivity contribution is -0.140. The van der Waals surface area contributed by atoms with Crippen LogP contribution in [0.2, 0.25) is 0 Å². The summed E-state index contributed by atoms with van der Waals surface area (Å²) in [5.41, 5.74) is 4.17. The van der Waals surface area contributed by atoms with Crippen LogP contribution in [0.25, 0.3) is 28.0 Å². The summed E-state index contributed by atoms with van der Waals surface area (Å²) in [7, 11) is 0. The van der Waals surface area contributed by atoms with Crippen LogP contribution in [0.3, 0.4) is 0 Å². The van der Waals surface area contributed by atoms with Crippen molar-refractivity contribution >= 4 is 17.2 Å². The number of aryl methyl sites for hydroxylation is 1. The van der Waals surface area contributed by atoms with Crippen LogP contribution in [0.4, 0.5) is 5.82 Å². The quantitative estimate of drug-likeness (QED) is 0.374. The first-order valence-corrected chi connectivity index (χ1v) is 12.6. The number of hydrogen-bond acceptors (Lipinski definition) is 8. The van der Waals surface area contributed by atoms with Crippen LogP contribution in [0, 0.1) is 18.3 Å². The van der Waals surface area contributed by atoms with E-state index in [2.05, 4.69) is 21.1 Å². The summed E-state index contributed by atoms with van der Waals surface area (Å²) in [6.45, 7) is 3.98.